The molecule has 1 aliphatic rings. The number of hydrogen-bond donors (Lipinski definition) is 1. The SMILES string of the molecule is O=C(O)[C@@H]1C[C@@H]1c1cccc(Br)c1. The molecule has 1 N–H and O–H groups in total. The van der Waals surface area contributed by atoms with Crippen LogP contribution >= 0.6 is 15.9 Å². The zero-order valence-electron chi connectivity index (χ0n) is 6.90. The van der Waals surface area contributed by atoms with Crippen molar-refractivity contribution in [3.8, 4) is 0 Å². The summed E-state index contributed by atoms with van der Waals surface area (Å²) >= 11 is 3.37. The normalized spacial score (nSPS) is 25.6. The van der Waals surface area contributed by atoms with Crippen molar-refractivity contribution in [1.82, 2.24) is 0 Å². The first-order valence-corrected chi connectivity index (χ1v) is 4.96. The Morgan fingerprint density at radius 1 is 1.54 bits per heavy atom. The highest BCUT2D eigenvalue weighted by atomic mass is 79.9. The zero-order valence-corrected chi connectivity index (χ0v) is 8.49. The topological polar surface area (TPSA) is 37.3 Å². The van der Waals surface area contributed by atoms with Gasteiger partial charge in [-0.2, -0.15) is 0 Å². The molecule has 0 bridgehead atoms. The first-order valence-electron chi connectivity index (χ1n) is 4.17. The van der Waals surface area contributed by atoms with Gasteiger partial charge in [-0.15, -0.1) is 0 Å². The van der Waals surface area contributed by atoms with Crippen molar-refractivity contribution in [2.45, 2.75) is 12.3 Å². The van der Waals surface area contributed by atoms with Gasteiger partial charge in [0, 0.05) is 4.47 Å². The average Bonchev–Trinajstić information content (AvgIpc) is 2.82. The number of halogens is 1. The van der Waals surface area contributed by atoms with Gasteiger partial charge >= 0.3 is 5.97 Å². The summed E-state index contributed by atoms with van der Waals surface area (Å²) in [5.74, 6) is -0.603. The molecule has 0 aromatic heterocycles. The summed E-state index contributed by atoms with van der Waals surface area (Å²) in [6.07, 6.45) is 0.784. The van der Waals surface area contributed by atoms with Crippen LogP contribution in [0.2, 0.25) is 0 Å². The molecular weight excluding hydrogens is 232 g/mol. The van der Waals surface area contributed by atoms with E-state index in [1.165, 1.54) is 0 Å². The Hall–Kier alpha value is -0.830. The molecule has 3 heteroatoms. The van der Waals surface area contributed by atoms with Crippen molar-refractivity contribution in [2.75, 3.05) is 0 Å². The van der Waals surface area contributed by atoms with Gasteiger partial charge in [0.05, 0.1) is 5.92 Å². The van der Waals surface area contributed by atoms with E-state index < -0.39 is 5.97 Å². The molecule has 0 aliphatic heterocycles. The minimum atomic E-state index is -0.676. The van der Waals surface area contributed by atoms with E-state index in [0.717, 1.165) is 16.5 Å². The molecule has 0 radical (unpaired) electrons. The van der Waals surface area contributed by atoms with Crippen LogP contribution in [0.15, 0.2) is 28.7 Å². The third kappa shape index (κ3) is 1.75. The number of carboxylic acid groups (broad SMARTS) is 1. The lowest BCUT2D eigenvalue weighted by atomic mass is 10.1. The molecule has 2 nitrogen and oxygen atoms in total. The smallest absolute Gasteiger partial charge is 0.307 e. The number of hydrogen-bond acceptors (Lipinski definition) is 1. The maximum Gasteiger partial charge on any atom is 0.307 e. The predicted molar refractivity (Wildman–Crippen MR) is 52.6 cm³/mol. The van der Waals surface area contributed by atoms with Crippen molar-refractivity contribution >= 4 is 21.9 Å². The minimum absolute atomic E-state index is 0.158. The van der Waals surface area contributed by atoms with Gasteiger partial charge in [0.15, 0.2) is 0 Å². The summed E-state index contributed by atoms with van der Waals surface area (Å²) in [7, 11) is 0. The predicted octanol–water partition coefficient (Wildman–Crippen LogP) is 2.64. The summed E-state index contributed by atoms with van der Waals surface area (Å²) in [5.41, 5.74) is 1.13. The van der Waals surface area contributed by atoms with Crippen LogP contribution in [-0.2, 0) is 4.79 Å². The van der Waals surface area contributed by atoms with Crippen LogP contribution in [0.3, 0.4) is 0 Å². The van der Waals surface area contributed by atoms with Crippen LogP contribution < -0.4 is 0 Å². The fourth-order valence-electron chi connectivity index (χ4n) is 1.57. The summed E-state index contributed by atoms with van der Waals surface area (Å²) in [5, 5.41) is 8.74. The molecule has 0 heterocycles. The Balaban J connectivity index is 2.16. The van der Waals surface area contributed by atoms with Crippen molar-refractivity contribution in [1.29, 1.82) is 0 Å². The van der Waals surface area contributed by atoms with Crippen LogP contribution in [0.1, 0.15) is 17.9 Å². The second-order valence-corrected chi connectivity index (χ2v) is 4.26. The van der Waals surface area contributed by atoms with E-state index in [4.69, 9.17) is 5.11 Å². The van der Waals surface area contributed by atoms with E-state index in [9.17, 15) is 4.79 Å². The van der Waals surface area contributed by atoms with Crippen molar-refractivity contribution < 1.29 is 9.90 Å². The van der Waals surface area contributed by atoms with E-state index >= 15 is 0 Å². The van der Waals surface area contributed by atoms with E-state index in [1.807, 2.05) is 24.3 Å². The van der Waals surface area contributed by atoms with Crippen LogP contribution in [0.5, 0.6) is 0 Å². The quantitative estimate of drug-likeness (QED) is 0.864. The minimum Gasteiger partial charge on any atom is -0.481 e. The van der Waals surface area contributed by atoms with E-state index in [0.29, 0.717) is 0 Å². The van der Waals surface area contributed by atoms with Crippen LogP contribution in [0, 0.1) is 5.92 Å². The molecule has 68 valence electrons. The Kier molecular flexibility index (Phi) is 2.12. The molecule has 2 rings (SSSR count). The van der Waals surface area contributed by atoms with Gasteiger partial charge in [-0.05, 0) is 30.0 Å². The number of carboxylic acids is 1. The first kappa shape index (κ1) is 8.75. The largest absolute Gasteiger partial charge is 0.481 e. The van der Waals surface area contributed by atoms with Gasteiger partial charge in [-0.3, -0.25) is 4.79 Å². The first-order chi connectivity index (χ1) is 6.18. The number of carbonyl (C=O) groups is 1. The Morgan fingerprint density at radius 2 is 2.31 bits per heavy atom. The van der Waals surface area contributed by atoms with Crippen molar-refractivity contribution in [3.63, 3.8) is 0 Å². The number of aliphatic carboxylic acids is 1. The van der Waals surface area contributed by atoms with Crippen molar-refractivity contribution in [3.05, 3.63) is 34.3 Å². The molecule has 1 saturated carbocycles. The maximum absolute atomic E-state index is 10.6. The molecule has 1 aliphatic carbocycles. The lowest BCUT2D eigenvalue weighted by Crippen LogP contribution is -1.98. The Morgan fingerprint density at radius 3 is 2.85 bits per heavy atom. The van der Waals surface area contributed by atoms with E-state index in [-0.39, 0.29) is 11.8 Å². The van der Waals surface area contributed by atoms with E-state index in [1.54, 1.807) is 0 Å². The molecule has 0 saturated heterocycles. The lowest BCUT2D eigenvalue weighted by Gasteiger charge is -1.98. The molecule has 2 atom stereocenters. The Labute approximate surface area is 84.7 Å². The fourth-order valence-corrected chi connectivity index (χ4v) is 1.99. The summed E-state index contributed by atoms with van der Waals surface area (Å²) < 4.78 is 1.01. The van der Waals surface area contributed by atoms with Gasteiger partial charge in [-0.25, -0.2) is 0 Å². The average molecular weight is 241 g/mol. The molecule has 1 fully saturated rings. The third-order valence-electron chi connectivity index (χ3n) is 2.38. The van der Waals surface area contributed by atoms with E-state index in [2.05, 4.69) is 15.9 Å². The number of rotatable bonds is 2. The second-order valence-electron chi connectivity index (χ2n) is 3.34. The van der Waals surface area contributed by atoms with Crippen LogP contribution in [0.25, 0.3) is 0 Å². The van der Waals surface area contributed by atoms with Crippen molar-refractivity contribution in [2.24, 2.45) is 5.92 Å². The second kappa shape index (κ2) is 3.14. The van der Waals surface area contributed by atoms with Crippen LogP contribution in [-0.4, -0.2) is 11.1 Å². The standard InChI is InChI=1S/C10H9BrO2/c11-7-3-1-2-6(4-7)8-5-9(8)10(12)13/h1-4,8-9H,5H2,(H,12,13)/t8-,9-/m1/s1. The molecule has 0 spiro atoms. The molecular formula is C10H9BrO2. The van der Waals surface area contributed by atoms with Gasteiger partial charge in [0.2, 0.25) is 0 Å². The van der Waals surface area contributed by atoms with Gasteiger partial charge in [-0.1, -0.05) is 28.1 Å². The Bertz CT molecular complexity index is 349. The van der Waals surface area contributed by atoms with Gasteiger partial charge in [0.1, 0.15) is 0 Å². The lowest BCUT2D eigenvalue weighted by molar-refractivity contribution is -0.138. The molecule has 0 unspecified atom stereocenters. The van der Waals surface area contributed by atoms with Gasteiger partial charge < -0.3 is 5.11 Å². The molecule has 1 aromatic rings. The highest BCUT2D eigenvalue weighted by Gasteiger charge is 2.44. The highest BCUT2D eigenvalue weighted by molar-refractivity contribution is 9.10. The number of benzene rings is 1. The monoisotopic (exact) mass is 240 g/mol. The maximum atomic E-state index is 10.6. The molecule has 13 heavy (non-hydrogen) atoms. The highest BCUT2D eigenvalue weighted by Crippen LogP contribution is 2.47. The third-order valence-corrected chi connectivity index (χ3v) is 2.88. The summed E-state index contributed by atoms with van der Waals surface area (Å²) in [4.78, 5) is 10.6. The fraction of sp³-hybridized carbons (Fsp3) is 0.300. The van der Waals surface area contributed by atoms with Crippen LogP contribution in [0.4, 0.5) is 0 Å². The summed E-state index contributed by atoms with van der Waals surface area (Å²) in [6.45, 7) is 0. The molecule has 1 aromatic carbocycles. The summed E-state index contributed by atoms with van der Waals surface area (Å²) in [6, 6.07) is 7.87. The molecule has 0 amide bonds. The van der Waals surface area contributed by atoms with Gasteiger partial charge in [0.25, 0.3) is 0 Å². The zero-order chi connectivity index (χ0) is 9.42.